The molecule has 2 aromatic heterocycles. The number of anilines is 1. The van der Waals surface area contributed by atoms with Gasteiger partial charge in [0.1, 0.15) is 17.6 Å². The largest absolute Gasteiger partial charge is 0.444 e. The Morgan fingerprint density at radius 2 is 2.16 bits per heavy atom. The van der Waals surface area contributed by atoms with E-state index in [1.807, 2.05) is 13.8 Å². The second kappa shape index (κ2) is 5.47. The molecule has 100 valence electrons. The van der Waals surface area contributed by atoms with E-state index >= 15 is 0 Å². The highest BCUT2D eigenvalue weighted by molar-refractivity contribution is 5.91. The number of carbonyl (C=O) groups is 1. The molecule has 0 aliphatic carbocycles. The predicted molar refractivity (Wildman–Crippen MR) is 68.7 cm³/mol. The third kappa shape index (κ3) is 3.06. The van der Waals surface area contributed by atoms with Gasteiger partial charge in [-0.3, -0.25) is 4.79 Å². The fourth-order valence-electron chi connectivity index (χ4n) is 1.51. The van der Waals surface area contributed by atoms with Gasteiger partial charge in [-0.2, -0.15) is 0 Å². The van der Waals surface area contributed by atoms with Crippen LogP contribution in [0, 0.1) is 6.92 Å². The lowest BCUT2D eigenvalue weighted by Gasteiger charge is -2.10. The van der Waals surface area contributed by atoms with E-state index in [4.69, 9.17) is 4.42 Å². The van der Waals surface area contributed by atoms with Crippen molar-refractivity contribution in [3.63, 3.8) is 0 Å². The Bertz CT molecular complexity index is 564. The summed E-state index contributed by atoms with van der Waals surface area (Å²) in [5, 5.41) is 13.3. The number of hydrogen-bond acceptors (Lipinski definition) is 6. The van der Waals surface area contributed by atoms with Crippen molar-refractivity contribution < 1.29 is 9.21 Å². The van der Waals surface area contributed by atoms with Crippen molar-refractivity contribution in [2.45, 2.75) is 19.9 Å². The molecule has 0 spiro atoms. The minimum Gasteiger partial charge on any atom is -0.444 e. The molecular weight excluding hydrogens is 246 g/mol. The number of rotatable bonds is 4. The summed E-state index contributed by atoms with van der Waals surface area (Å²) < 4.78 is 5.41. The molecule has 1 atom stereocenters. The Morgan fingerprint density at radius 1 is 1.37 bits per heavy atom. The summed E-state index contributed by atoms with van der Waals surface area (Å²) in [6.07, 6.45) is 1.66. The van der Waals surface area contributed by atoms with Gasteiger partial charge in [0.15, 0.2) is 5.69 Å². The average Bonchev–Trinajstić information content (AvgIpc) is 2.85. The number of nitrogens with zero attached hydrogens (tertiary/aromatic N) is 3. The number of amides is 1. The SMILES string of the molecule is CNC(=O)c1ccc(NC(C)c2ncc(C)o2)nn1. The van der Waals surface area contributed by atoms with Crippen LogP contribution in [0.5, 0.6) is 0 Å². The van der Waals surface area contributed by atoms with E-state index in [1.54, 1.807) is 25.4 Å². The van der Waals surface area contributed by atoms with Crippen LogP contribution in [0.3, 0.4) is 0 Å². The monoisotopic (exact) mass is 261 g/mol. The van der Waals surface area contributed by atoms with E-state index in [9.17, 15) is 4.79 Å². The Hall–Kier alpha value is -2.44. The first kappa shape index (κ1) is 13.0. The molecule has 7 heteroatoms. The van der Waals surface area contributed by atoms with E-state index in [0.717, 1.165) is 5.76 Å². The zero-order valence-corrected chi connectivity index (χ0v) is 11.0. The van der Waals surface area contributed by atoms with Gasteiger partial charge in [-0.15, -0.1) is 10.2 Å². The smallest absolute Gasteiger partial charge is 0.271 e. The van der Waals surface area contributed by atoms with E-state index in [2.05, 4.69) is 25.8 Å². The molecule has 2 heterocycles. The molecule has 19 heavy (non-hydrogen) atoms. The van der Waals surface area contributed by atoms with Gasteiger partial charge in [0.05, 0.1) is 6.20 Å². The minimum absolute atomic E-state index is 0.131. The fourth-order valence-corrected chi connectivity index (χ4v) is 1.51. The molecule has 2 aromatic rings. The highest BCUT2D eigenvalue weighted by atomic mass is 16.4. The summed E-state index contributed by atoms with van der Waals surface area (Å²) in [4.78, 5) is 15.4. The van der Waals surface area contributed by atoms with Crippen LogP contribution in [-0.2, 0) is 0 Å². The first-order chi connectivity index (χ1) is 9.10. The zero-order chi connectivity index (χ0) is 13.8. The lowest BCUT2D eigenvalue weighted by molar-refractivity contribution is 0.0957. The standard InChI is InChI=1S/C12H15N5O2/c1-7-6-14-12(19-7)8(2)15-10-5-4-9(16-17-10)11(18)13-3/h4-6,8H,1-3H3,(H,13,18)(H,15,17). The molecule has 0 saturated carbocycles. The Labute approximate surface area is 110 Å². The normalized spacial score (nSPS) is 11.9. The van der Waals surface area contributed by atoms with E-state index in [0.29, 0.717) is 11.7 Å². The molecule has 1 unspecified atom stereocenters. The van der Waals surface area contributed by atoms with E-state index in [-0.39, 0.29) is 17.6 Å². The van der Waals surface area contributed by atoms with Gasteiger partial charge in [-0.1, -0.05) is 0 Å². The van der Waals surface area contributed by atoms with Crippen molar-refractivity contribution in [3.05, 3.63) is 35.7 Å². The number of nitrogens with one attached hydrogen (secondary N) is 2. The second-order valence-electron chi connectivity index (χ2n) is 4.06. The van der Waals surface area contributed by atoms with Gasteiger partial charge in [0.25, 0.3) is 5.91 Å². The maximum Gasteiger partial charge on any atom is 0.271 e. The molecule has 0 aliphatic rings. The molecule has 0 fully saturated rings. The second-order valence-corrected chi connectivity index (χ2v) is 4.06. The average molecular weight is 261 g/mol. The third-order valence-corrected chi connectivity index (χ3v) is 2.50. The summed E-state index contributed by atoms with van der Waals surface area (Å²) in [6, 6.07) is 3.15. The lowest BCUT2D eigenvalue weighted by Crippen LogP contribution is -2.20. The molecule has 2 N–H and O–H groups in total. The molecule has 0 aromatic carbocycles. The minimum atomic E-state index is -0.268. The van der Waals surface area contributed by atoms with Crippen molar-refractivity contribution in [1.29, 1.82) is 0 Å². The van der Waals surface area contributed by atoms with Crippen LogP contribution in [0.2, 0.25) is 0 Å². The third-order valence-electron chi connectivity index (χ3n) is 2.50. The topological polar surface area (TPSA) is 92.9 Å². The molecule has 0 bridgehead atoms. The number of carbonyl (C=O) groups excluding carboxylic acids is 1. The molecule has 0 radical (unpaired) electrons. The van der Waals surface area contributed by atoms with Gasteiger partial charge in [-0.05, 0) is 26.0 Å². The molecular formula is C12H15N5O2. The quantitative estimate of drug-likeness (QED) is 0.861. The predicted octanol–water partition coefficient (Wildman–Crippen LogP) is 1.31. The Balaban J connectivity index is 2.05. The zero-order valence-electron chi connectivity index (χ0n) is 11.0. The number of hydrogen-bond donors (Lipinski definition) is 2. The molecule has 7 nitrogen and oxygen atoms in total. The van der Waals surface area contributed by atoms with Crippen molar-refractivity contribution in [1.82, 2.24) is 20.5 Å². The van der Waals surface area contributed by atoms with Crippen molar-refractivity contribution >= 4 is 11.7 Å². The highest BCUT2D eigenvalue weighted by Crippen LogP contribution is 2.16. The molecule has 2 rings (SSSR count). The van der Waals surface area contributed by atoms with E-state index in [1.165, 1.54) is 0 Å². The summed E-state index contributed by atoms with van der Waals surface area (Å²) in [5.74, 6) is 1.62. The first-order valence-electron chi connectivity index (χ1n) is 5.85. The number of aromatic nitrogens is 3. The fraction of sp³-hybridized carbons (Fsp3) is 0.333. The van der Waals surface area contributed by atoms with Crippen LogP contribution < -0.4 is 10.6 Å². The maximum absolute atomic E-state index is 11.3. The van der Waals surface area contributed by atoms with Crippen LogP contribution in [-0.4, -0.2) is 28.1 Å². The summed E-state index contributed by atoms with van der Waals surface area (Å²) in [5.41, 5.74) is 0.271. The van der Waals surface area contributed by atoms with Crippen LogP contribution >= 0.6 is 0 Å². The van der Waals surface area contributed by atoms with Gasteiger partial charge in [-0.25, -0.2) is 4.98 Å². The lowest BCUT2D eigenvalue weighted by atomic mass is 10.3. The summed E-state index contributed by atoms with van der Waals surface area (Å²) in [7, 11) is 1.54. The molecule has 0 saturated heterocycles. The first-order valence-corrected chi connectivity index (χ1v) is 5.85. The van der Waals surface area contributed by atoms with Gasteiger partial charge in [0, 0.05) is 7.05 Å². The number of oxazole rings is 1. The van der Waals surface area contributed by atoms with Crippen molar-refractivity contribution in [2.75, 3.05) is 12.4 Å². The van der Waals surface area contributed by atoms with Crippen LogP contribution in [0.1, 0.15) is 35.1 Å². The van der Waals surface area contributed by atoms with Gasteiger partial charge in [0.2, 0.25) is 5.89 Å². The summed E-state index contributed by atoms with van der Waals surface area (Å²) >= 11 is 0. The van der Waals surface area contributed by atoms with Crippen LogP contribution in [0.25, 0.3) is 0 Å². The van der Waals surface area contributed by atoms with Crippen LogP contribution in [0.4, 0.5) is 5.82 Å². The van der Waals surface area contributed by atoms with E-state index < -0.39 is 0 Å². The highest BCUT2D eigenvalue weighted by Gasteiger charge is 2.12. The Morgan fingerprint density at radius 3 is 2.68 bits per heavy atom. The van der Waals surface area contributed by atoms with Gasteiger partial charge >= 0.3 is 0 Å². The van der Waals surface area contributed by atoms with Crippen molar-refractivity contribution in [2.24, 2.45) is 0 Å². The van der Waals surface area contributed by atoms with Crippen molar-refractivity contribution in [3.8, 4) is 0 Å². The molecule has 0 aliphatic heterocycles. The molecule has 1 amide bonds. The van der Waals surface area contributed by atoms with Crippen LogP contribution in [0.15, 0.2) is 22.7 Å². The maximum atomic E-state index is 11.3. The summed E-state index contributed by atoms with van der Waals surface area (Å²) in [6.45, 7) is 3.74. The number of aryl methyl sites for hydroxylation is 1. The van der Waals surface area contributed by atoms with Gasteiger partial charge < -0.3 is 15.1 Å². The Kier molecular flexibility index (Phi) is 3.74.